The van der Waals surface area contributed by atoms with E-state index in [2.05, 4.69) is 0 Å². The van der Waals surface area contributed by atoms with Crippen molar-refractivity contribution in [3.8, 4) is 0 Å². The van der Waals surface area contributed by atoms with Crippen molar-refractivity contribution in [2.24, 2.45) is 5.73 Å². The van der Waals surface area contributed by atoms with E-state index in [4.69, 9.17) is 22.1 Å². The van der Waals surface area contributed by atoms with Gasteiger partial charge in [0.1, 0.15) is 0 Å². The molecule has 90 valence electrons. The number of benzene rings is 1. The Morgan fingerprint density at radius 1 is 1.44 bits per heavy atom. The summed E-state index contributed by atoms with van der Waals surface area (Å²) in [5.41, 5.74) is 5.32. The lowest BCUT2D eigenvalue weighted by Crippen LogP contribution is -2.16. The van der Waals surface area contributed by atoms with E-state index < -0.39 is 17.8 Å². The summed E-state index contributed by atoms with van der Waals surface area (Å²) in [5.74, 6) is 0. The second kappa shape index (κ2) is 5.03. The van der Waals surface area contributed by atoms with Crippen molar-refractivity contribution in [2.75, 3.05) is 13.7 Å². The van der Waals surface area contributed by atoms with Crippen LogP contribution in [0.2, 0.25) is 5.02 Å². The number of nitrogens with two attached hydrogens (primary N) is 1. The highest BCUT2D eigenvalue weighted by Gasteiger charge is 2.33. The molecule has 0 fully saturated rings. The van der Waals surface area contributed by atoms with Crippen molar-refractivity contribution in [1.29, 1.82) is 0 Å². The quantitative estimate of drug-likeness (QED) is 0.899. The van der Waals surface area contributed by atoms with E-state index in [9.17, 15) is 13.2 Å². The van der Waals surface area contributed by atoms with E-state index in [1.54, 1.807) is 0 Å². The molecule has 0 spiro atoms. The van der Waals surface area contributed by atoms with E-state index >= 15 is 0 Å². The first-order valence-electron chi connectivity index (χ1n) is 4.47. The minimum Gasteiger partial charge on any atom is -0.383 e. The third-order valence-corrected chi connectivity index (χ3v) is 2.39. The summed E-state index contributed by atoms with van der Waals surface area (Å²) >= 11 is 5.54. The minimum atomic E-state index is -4.44. The van der Waals surface area contributed by atoms with Gasteiger partial charge in [-0.1, -0.05) is 17.7 Å². The fourth-order valence-electron chi connectivity index (χ4n) is 1.27. The van der Waals surface area contributed by atoms with Gasteiger partial charge in [0.15, 0.2) is 0 Å². The second-order valence-corrected chi connectivity index (χ2v) is 3.71. The maximum atomic E-state index is 12.4. The molecule has 2 N–H and O–H groups in total. The molecule has 16 heavy (non-hydrogen) atoms. The van der Waals surface area contributed by atoms with Crippen LogP contribution >= 0.6 is 11.6 Å². The molecule has 0 aliphatic heterocycles. The third kappa shape index (κ3) is 3.10. The van der Waals surface area contributed by atoms with Crippen LogP contribution in [0.15, 0.2) is 18.2 Å². The fraction of sp³-hybridized carbons (Fsp3) is 0.400. The number of rotatable bonds is 3. The molecule has 1 aromatic carbocycles. The van der Waals surface area contributed by atoms with Crippen molar-refractivity contribution >= 4 is 11.6 Å². The summed E-state index contributed by atoms with van der Waals surface area (Å²) < 4.78 is 42.0. The largest absolute Gasteiger partial charge is 0.417 e. The summed E-state index contributed by atoms with van der Waals surface area (Å²) in [6.07, 6.45) is -4.44. The molecule has 0 aromatic heterocycles. The van der Waals surface area contributed by atoms with E-state index in [0.717, 1.165) is 6.07 Å². The lowest BCUT2D eigenvalue weighted by Gasteiger charge is -2.14. The maximum Gasteiger partial charge on any atom is 0.417 e. The molecule has 0 amide bonds. The number of hydrogen-bond acceptors (Lipinski definition) is 2. The maximum absolute atomic E-state index is 12.4. The Labute approximate surface area is 96.1 Å². The lowest BCUT2D eigenvalue weighted by molar-refractivity contribution is -0.137. The number of alkyl halides is 3. The Balaban J connectivity index is 3.00. The van der Waals surface area contributed by atoms with Crippen LogP contribution in [0, 0.1) is 0 Å². The highest BCUT2D eigenvalue weighted by Crippen LogP contribution is 2.35. The van der Waals surface area contributed by atoms with Crippen LogP contribution in [0.5, 0.6) is 0 Å². The highest BCUT2D eigenvalue weighted by molar-refractivity contribution is 6.31. The van der Waals surface area contributed by atoms with Crippen LogP contribution < -0.4 is 5.73 Å². The summed E-state index contributed by atoms with van der Waals surface area (Å²) in [7, 11) is 1.46. The van der Waals surface area contributed by atoms with Gasteiger partial charge in [-0.05, 0) is 17.7 Å². The van der Waals surface area contributed by atoms with Gasteiger partial charge >= 0.3 is 6.18 Å². The van der Waals surface area contributed by atoms with E-state index in [-0.39, 0.29) is 11.6 Å². The summed E-state index contributed by atoms with van der Waals surface area (Å²) in [5, 5.41) is -0.350. The fourth-order valence-corrected chi connectivity index (χ4v) is 1.56. The molecule has 2 nitrogen and oxygen atoms in total. The van der Waals surface area contributed by atoms with Crippen molar-refractivity contribution in [3.63, 3.8) is 0 Å². The zero-order valence-electron chi connectivity index (χ0n) is 8.51. The third-order valence-electron chi connectivity index (χ3n) is 2.07. The Bertz CT molecular complexity index is 368. The Morgan fingerprint density at radius 2 is 2.06 bits per heavy atom. The number of halogens is 4. The van der Waals surface area contributed by atoms with E-state index in [1.165, 1.54) is 19.2 Å². The van der Waals surface area contributed by atoms with Crippen LogP contribution in [0.4, 0.5) is 13.2 Å². The normalized spacial score (nSPS) is 13.9. The zero-order valence-corrected chi connectivity index (χ0v) is 9.27. The first-order valence-corrected chi connectivity index (χ1v) is 4.85. The first kappa shape index (κ1) is 13.3. The predicted octanol–water partition coefficient (Wildman–Crippen LogP) is 3.01. The van der Waals surface area contributed by atoms with Gasteiger partial charge in [0.2, 0.25) is 0 Å². The molecule has 0 radical (unpaired) electrons. The van der Waals surface area contributed by atoms with Crippen LogP contribution in [-0.2, 0) is 10.9 Å². The number of methoxy groups -OCH3 is 1. The van der Waals surface area contributed by atoms with Crippen molar-refractivity contribution in [3.05, 3.63) is 34.3 Å². The number of ether oxygens (including phenoxy) is 1. The van der Waals surface area contributed by atoms with E-state index in [0.29, 0.717) is 5.56 Å². The lowest BCUT2D eigenvalue weighted by atomic mass is 10.1. The van der Waals surface area contributed by atoms with Crippen molar-refractivity contribution in [1.82, 2.24) is 0 Å². The van der Waals surface area contributed by atoms with Gasteiger partial charge in [0.05, 0.1) is 23.2 Å². The molecule has 0 unspecified atom stereocenters. The SMILES string of the molecule is COC[C@@H](N)c1ccc(C(F)(F)F)c(Cl)c1. The molecule has 0 aliphatic rings. The smallest absolute Gasteiger partial charge is 0.383 e. The average molecular weight is 254 g/mol. The van der Waals surface area contributed by atoms with Gasteiger partial charge in [-0.15, -0.1) is 0 Å². The average Bonchev–Trinajstić information content (AvgIpc) is 2.16. The van der Waals surface area contributed by atoms with Gasteiger partial charge in [-0.25, -0.2) is 0 Å². The predicted molar refractivity (Wildman–Crippen MR) is 55.3 cm³/mol. The van der Waals surface area contributed by atoms with Gasteiger partial charge in [-0.2, -0.15) is 13.2 Å². The molecule has 0 saturated heterocycles. The molecule has 1 rings (SSSR count). The molecule has 0 saturated carbocycles. The summed E-state index contributed by atoms with van der Waals surface area (Å²) in [6.45, 7) is 0.224. The zero-order chi connectivity index (χ0) is 12.3. The van der Waals surface area contributed by atoms with Gasteiger partial charge < -0.3 is 10.5 Å². The van der Waals surface area contributed by atoms with Crippen LogP contribution in [0.3, 0.4) is 0 Å². The standard InChI is InChI=1S/C10H11ClF3NO/c1-16-5-9(15)6-2-3-7(8(11)4-6)10(12,13)14/h2-4,9H,5,15H2,1H3/t9-/m1/s1. The number of hydrogen-bond donors (Lipinski definition) is 1. The summed E-state index contributed by atoms with van der Waals surface area (Å²) in [4.78, 5) is 0. The molecule has 1 atom stereocenters. The van der Waals surface area contributed by atoms with Gasteiger partial charge in [-0.3, -0.25) is 0 Å². The topological polar surface area (TPSA) is 35.2 Å². The molecular formula is C10H11ClF3NO. The van der Waals surface area contributed by atoms with Crippen LogP contribution in [0.25, 0.3) is 0 Å². The van der Waals surface area contributed by atoms with Gasteiger partial charge in [0, 0.05) is 7.11 Å². The Morgan fingerprint density at radius 3 is 2.50 bits per heavy atom. The Kier molecular flexibility index (Phi) is 4.18. The van der Waals surface area contributed by atoms with Gasteiger partial charge in [0.25, 0.3) is 0 Å². The summed E-state index contributed by atoms with van der Waals surface area (Å²) in [6, 6.07) is 2.96. The van der Waals surface area contributed by atoms with Crippen molar-refractivity contribution < 1.29 is 17.9 Å². The molecule has 0 heterocycles. The molecular weight excluding hydrogens is 243 g/mol. The minimum absolute atomic E-state index is 0.224. The highest BCUT2D eigenvalue weighted by atomic mass is 35.5. The molecule has 1 aromatic rings. The molecule has 0 aliphatic carbocycles. The van der Waals surface area contributed by atoms with Crippen LogP contribution in [0.1, 0.15) is 17.2 Å². The Hall–Kier alpha value is -0.780. The molecule has 6 heteroatoms. The first-order chi connectivity index (χ1) is 7.36. The monoisotopic (exact) mass is 253 g/mol. The van der Waals surface area contributed by atoms with Crippen LogP contribution in [-0.4, -0.2) is 13.7 Å². The molecule has 0 bridgehead atoms. The second-order valence-electron chi connectivity index (χ2n) is 3.30. The van der Waals surface area contributed by atoms with Crippen molar-refractivity contribution in [2.45, 2.75) is 12.2 Å². The van der Waals surface area contributed by atoms with E-state index in [1.807, 2.05) is 0 Å².